The van der Waals surface area contributed by atoms with Crippen LogP contribution in [0.25, 0.3) is 0 Å². The van der Waals surface area contributed by atoms with Crippen molar-refractivity contribution in [3.05, 3.63) is 59.4 Å². The van der Waals surface area contributed by atoms with Gasteiger partial charge >= 0.3 is 0 Å². The molecule has 1 heterocycles. The van der Waals surface area contributed by atoms with Crippen LogP contribution in [0.1, 0.15) is 35.2 Å². The number of methoxy groups -OCH3 is 1. The molecule has 1 aliphatic rings. The van der Waals surface area contributed by atoms with E-state index in [0.29, 0.717) is 13.1 Å². The minimum absolute atomic E-state index is 0.104. The maximum absolute atomic E-state index is 13.4. The Morgan fingerprint density at radius 3 is 2.43 bits per heavy atom. The molecule has 1 fully saturated rings. The van der Waals surface area contributed by atoms with Gasteiger partial charge in [0.1, 0.15) is 11.6 Å². The van der Waals surface area contributed by atoms with Gasteiger partial charge in [0.25, 0.3) is 5.91 Å². The molecular weight excluding hydrogens is 383 g/mol. The lowest BCUT2D eigenvalue weighted by Gasteiger charge is -2.25. The minimum atomic E-state index is -3.48. The van der Waals surface area contributed by atoms with E-state index in [4.69, 9.17) is 4.74 Å². The number of benzene rings is 2. The zero-order chi connectivity index (χ0) is 20.1. The molecule has 0 aliphatic carbocycles. The number of hydrogen-bond acceptors (Lipinski definition) is 4. The molecule has 2 aromatic carbocycles. The Morgan fingerprint density at radius 1 is 1.11 bits per heavy atom. The predicted octanol–water partition coefficient (Wildman–Crippen LogP) is 2.94. The number of amides is 1. The van der Waals surface area contributed by atoms with E-state index in [1.165, 1.54) is 23.5 Å². The highest BCUT2D eigenvalue weighted by atomic mass is 32.2. The Morgan fingerprint density at radius 2 is 1.79 bits per heavy atom. The van der Waals surface area contributed by atoms with Crippen molar-refractivity contribution < 1.29 is 22.3 Å². The van der Waals surface area contributed by atoms with Crippen molar-refractivity contribution in [3.8, 4) is 5.75 Å². The van der Waals surface area contributed by atoms with Gasteiger partial charge in [-0.25, -0.2) is 12.8 Å². The Bertz CT molecular complexity index is 939. The molecule has 0 saturated carbocycles. The van der Waals surface area contributed by atoms with Crippen molar-refractivity contribution in [2.24, 2.45) is 0 Å². The lowest BCUT2D eigenvalue weighted by atomic mass is 10.1. The van der Waals surface area contributed by atoms with Gasteiger partial charge in [0, 0.05) is 19.6 Å². The molecule has 28 heavy (non-hydrogen) atoms. The summed E-state index contributed by atoms with van der Waals surface area (Å²) in [4.78, 5) is 12.6. The number of nitrogens with zero attached hydrogens (tertiary/aromatic N) is 1. The molecule has 0 spiro atoms. The van der Waals surface area contributed by atoms with Crippen molar-refractivity contribution in [1.82, 2.24) is 9.62 Å². The fourth-order valence-corrected chi connectivity index (χ4v) is 4.69. The first-order chi connectivity index (χ1) is 13.4. The van der Waals surface area contributed by atoms with Gasteiger partial charge in [-0.3, -0.25) is 4.79 Å². The number of carbonyl (C=O) groups is 1. The smallest absolute Gasteiger partial charge is 0.255 e. The summed E-state index contributed by atoms with van der Waals surface area (Å²) >= 11 is 0. The van der Waals surface area contributed by atoms with Crippen LogP contribution in [-0.4, -0.2) is 38.8 Å². The summed E-state index contributed by atoms with van der Waals surface area (Å²) in [5.41, 5.74) is 0.841. The molecule has 0 unspecified atom stereocenters. The van der Waals surface area contributed by atoms with Crippen molar-refractivity contribution in [1.29, 1.82) is 0 Å². The molecule has 6 nitrogen and oxygen atoms in total. The van der Waals surface area contributed by atoms with Gasteiger partial charge in [-0.2, -0.15) is 4.31 Å². The molecule has 1 aliphatic heterocycles. The summed E-state index contributed by atoms with van der Waals surface area (Å²) in [6.45, 7) is 1.29. The lowest BCUT2D eigenvalue weighted by molar-refractivity contribution is 0.0947. The molecule has 150 valence electrons. The quantitative estimate of drug-likeness (QED) is 0.800. The van der Waals surface area contributed by atoms with E-state index >= 15 is 0 Å². The summed E-state index contributed by atoms with van der Waals surface area (Å²) < 4.78 is 45.3. The monoisotopic (exact) mass is 406 g/mol. The van der Waals surface area contributed by atoms with E-state index < -0.39 is 21.7 Å². The van der Waals surface area contributed by atoms with Gasteiger partial charge in [-0.05, 0) is 48.7 Å². The molecule has 3 rings (SSSR count). The molecular formula is C20H23FN2O4S. The third-order valence-electron chi connectivity index (χ3n) is 4.74. The Kier molecular flexibility index (Phi) is 6.31. The first-order valence-corrected chi connectivity index (χ1v) is 10.6. The van der Waals surface area contributed by atoms with Crippen LogP contribution < -0.4 is 10.1 Å². The maximum atomic E-state index is 13.4. The van der Waals surface area contributed by atoms with Crippen LogP contribution in [0, 0.1) is 5.82 Å². The Hall–Kier alpha value is -2.45. The number of halogens is 1. The third-order valence-corrected chi connectivity index (χ3v) is 6.65. The summed E-state index contributed by atoms with van der Waals surface area (Å²) in [5, 5.41) is 2.69. The standard InChI is InChI=1S/C20H23FN2O4S/c1-27-19-10-7-16(21)13-18(19)20(24)22-14-15-5-8-17(9-6-15)28(25,26)23-11-3-2-4-12-23/h5-10,13H,2-4,11-12,14H2,1H3,(H,22,24). The van der Waals surface area contributed by atoms with E-state index in [-0.39, 0.29) is 22.8 Å². The second-order valence-corrected chi connectivity index (χ2v) is 8.57. The van der Waals surface area contributed by atoms with Crippen LogP contribution >= 0.6 is 0 Å². The van der Waals surface area contributed by atoms with Gasteiger partial charge in [0.15, 0.2) is 0 Å². The fourth-order valence-electron chi connectivity index (χ4n) is 3.17. The molecule has 0 radical (unpaired) electrons. The first kappa shape index (κ1) is 20.3. The Labute approximate surface area is 164 Å². The van der Waals surface area contributed by atoms with Crippen molar-refractivity contribution in [3.63, 3.8) is 0 Å². The third kappa shape index (κ3) is 4.51. The number of nitrogens with one attached hydrogen (secondary N) is 1. The highest BCUT2D eigenvalue weighted by molar-refractivity contribution is 7.89. The van der Waals surface area contributed by atoms with Gasteiger partial charge in [0.05, 0.1) is 17.6 Å². The van der Waals surface area contributed by atoms with Crippen molar-refractivity contribution in [2.45, 2.75) is 30.7 Å². The average molecular weight is 406 g/mol. The summed E-state index contributed by atoms with van der Waals surface area (Å²) in [6, 6.07) is 10.2. The largest absolute Gasteiger partial charge is 0.496 e. The number of carbonyl (C=O) groups excluding carboxylic acids is 1. The number of hydrogen-bond donors (Lipinski definition) is 1. The van der Waals surface area contributed by atoms with Crippen LogP contribution in [0.2, 0.25) is 0 Å². The zero-order valence-electron chi connectivity index (χ0n) is 15.7. The summed E-state index contributed by atoms with van der Waals surface area (Å²) in [7, 11) is -2.07. The summed E-state index contributed by atoms with van der Waals surface area (Å²) in [6.07, 6.45) is 2.82. The zero-order valence-corrected chi connectivity index (χ0v) is 16.5. The van der Waals surface area contributed by atoms with Crippen LogP contribution in [0.4, 0.5) is 4.39 Å². The molecule has 0 atom stereocenters. The van der Waals surface area contributed by atoms with Crippen LogP contribution in [0.15, 0.2) is 47.4 Å². The predicted molar refractivity (Wildman–Crippen MR) is 103 cm³/mol. The molecule has 1 amide bonds. The molecule has 1 N–H and O–H groups in total. The number of sulfonamides is 1. The normalized spacial score (nSPS) is 15.2. The van der Waals surface area contributed by atoms with E-state index in [2.05, 4.69) is 5.32 Å². The average Bonchev–Trinajstić information content (AvgIpc) is 2.73. The van der Waals surface area contributed by atoms with E-state index in [1.807, 2.05) is 0 Å². The molecule has 0 bridgehead atoms. The second-order valence-electron chi connectivity index (χ2n) is 6.64. The van der Waals surface area contributed by atoms with Gasteiger partial charge in [-0.1, -0.05) is 18.6 Å². The first-order valence-electron chi connectivity index (χ1n) is 9.12. The second kappa shape index (κ2) is 8.70. The number of piperidine rings is 1. The van der Waals surface area contributed by atoms with Crippen LogP contribution in [0.3, 0.4) is 0 Å². The SMILES string of the molecule is COc1ccc(F)cc1C(=O)NCc1ccc(S(=O)(=O)N2CCCCC2)cc1. The van der Waals surface area contributed by atoms with Crippen LogP contribution in [-0.2, 0) is 16.6 Å². The Balaban J connectivity index is 1.66. The highest BCUT2D eigenvalue weighted by Gasteiger charge is 2.25. The highest BCUT2D eigenvalue weighted by Crippen LogP contribution is 2.21. The topological polar surface area (TPSA) is 75.7 Å². The molecule has 8 heteroatoms. The fraction of sp³-hybridized carbons (Fsp3) is 0.350. The van der Waals surface area contributed by atoms with Crippen molar-refractivity contribution in [2.75, 3.05) is 20.2 Å². The molecule has 2 aromatic rings. The molecule has 1 saturated heterocycles. The van der Waals surface area contributed by atoms with Crippen LogP contribution in [0.5, 0.6) is 5.75 Å². The lowest BCUT2D eigenvalue weighted by Crippen LogP contribution is -2.35. The minimum Gasteiger partial charge on any atom is -0.496 e. The van der Waals surface area contributed by atoms with E-state index in [0.717, 1.165) is 30.9 Å². The van der Waals surface area contributed by atoms with E-state index in [1.54, 1.807) is 24.3 Å². The van der Waals surface area contributed by atoms with E-state index in [9.17, 15) is 17.6 Å². The maximum Gasteiger partial charge on any atom is 0.255 e. The van der Waals surface area contributed by atoms with Gasteiger partial charge in [0.2, 0.25) is 10.0 Å². The molecule has 0 aromatic heterocycles. The number of ether oxygens (including phenoxy) is 1. The van der Waals surface area contributed by atoms with Gasteiger partial charge in [-0.15, -0.1) is 0 Å². The van der Waals surface area contributed by atoms with Crippen molar-refractivity contribution >= 4 is 15.9 Å². The summed E-state index contributed by atoms with van der Waals surface area (Å²) in [5.74, 6) is -0.721. The number of rotatable bonds is 6. The van der Waals surface area contributed by atoms with Gasteiger partial charge < -0.3 is 10.1 Å².